The minimum absolute atomic E-state index is 0.0255. The molecule has 0 N–H and O–H groups in total. The van der Waals surface area contributed by atoms with E-state index in [-0.39, 0.29) is 24.1 Å². The van der Waals surface area contributed by atoms with Crippen LogP contribution in [0.2, 0.25) is 0 Å². The number of piperidine rings is 1. The van der Waals surface area contributed by atoms with Gasteiger partial charge in [-0.2, -0.15) is 0 Å². The van der Waals surface area contributed by atoms with Crippen molar-refractivity contribution in [3.63, 3.8) is 0 Å². The lowest BCUT2D eigenvalue weighted by atomic mass is 9.96. The number of likely N-dealkylation sites (tertiary alicyclic amines) is 1. The van der Waals surface area contributed by atoms with Gasteiger partial charge in [0.1, 0.15) is 11.6 Å². The Morgan fingerprint density at radius 1 is 1.30 bits per heavy atom. The van der Waals surface area contributed by atoms with Crippen molar-refractivity contribution in [1.29, 1.82) is 0 Å². The SMILES string of the molecule is O=C(Cc1ccccc1F)N1CCCC(c2nccn2Cc2cscn2)C1. The molecule has 140 valence electrons. The molecule has 27 heavy (non-hydrogen) atoms. The lowest BCUT2D eigenvalue weighted by molar-refractivity contribution is -0.131. The van der Waals surface area contributed by atoms with Crippen molar-refractivity contribution in [1.82, 2.24) is 19.4 Å². The van der Waals surface area contributed by atoms with Crippen molar-refractivity contribution < 1.29 is 9.18 Å². The summed E-state index contributed by atoms with van der Waals surface area (Å²) in [6, 6.07) is 6.48. The first-order valence-corrected chi connectivity index (χ1v) is 10.0. The van der Waals surface area contributed by atoms with Gasteiger partial charge in [0, 0.05) is 36.8 Å². The molecule has 1 saturated heterocycles. The number of carbonyl (C=O) groups excluding carboxylic acids is 1. The number of aromatic nitrogens is 3. The Hall–Kier alpha value is -2.54. The van der Waals surface area contributed by atoms with Crippen LogP contribution in [0.5, 0.6) is 0 Å². The van der Waals surface area contributed by atoms with Crippen molar-refractivity contribution in [3.8, 4) is 0 Å². The molecule has 0 bridgehead atoms. The molecule has 1 aromatic carbocycles. The van der Waals surface area contributed by atoms with Gasteiger partial charge in [-0.05, 0) is 24.5 Å². The van der Waals surface area contributed by atoms with Gasteiger partial charge in [0.25, 0.3) is 0 Å². The fraction of sp³-hybridized carbons (Fsp3) is 0.350. The van der Waals surface area contributed by atoms with Gasteiger partial charge in [0.15, 0.2) is 0 Å². The summed E-state index contributed by atoms with van der Waals surface area (Å²) < 4.78 is 16.0. The normalized spacial score (nSPS) is 17.2. The van der Waals surface area contributed by atoms with Crippen molar-refractivity contribution in [2.24, 2.45) is 0 Å². The number of carbonyl (C=O) groups is 1. The second-order valence-corrected chi connectivity index (χ2v) is 7.56. The number of thiazole rings is 1. The smallest absolute Gasteiger partial charge is 0.227 e. The lowest BCUT2D eigenvalue weighted by Crippen LogP contribution is -2.40. The molecule has 1 unspecified atom stereocenters. The molecule has 3 aromatic rings. The second kappa shape index (κ2) is 8.00. The first kappa shape index (κ1) is 17.9. The Morgan fingerprint density at radius 3 is 3.00 bits per heavy atom. The topological polar surface area (TPSA) is 51.0 Å². The molecular weight excluding hydrogens is 363 g/mol. The highest BCUT2D eigenvalue weighted by atomic mass is 32.1. The van der Waals surface area contributed by atoms with E-state index in [4.69, 9.17) is 0 Å². The van der Waals surface area contributed by atoms with Crippen molar-refractivity contribution in [3.05, 3.63) is 70.4 Å². The van der Waals surface area contributed by atoms with Crippen LogP contribution in [0.1, 0.15) is 35.8 Å². The third-order valence-electron chi connectivity index (χ3n) is 5.00. The van der Waals surface area contributed by atoms with Crippen LogP contribution in [0.25, 0.3) is 0 Å². The van der Waals surface area contributed by atoms with Crippen LogP contribution in [0.3, 0.4) is 0 Å². The molecule has 7 heteroatoms. The van der Waals surface area contributed by atoms with Crippen molar-refractivity contribution >= 4 is 17.2 Å². The van der Waals surface area contributed by atoms with E-state index >= 15 is 0 Å². The summed E-state index contributed by atoms with van der Waals surface area (Å²) in [5, 5.41) is 2.04. The predicted molar refractivity (Wildman–Crippen MR) is 102 cm³/mol. The van der Waals surface area contributed by atoms with Gasteiger partial charge in [-0.1, -0.05) is 18.2 Å². The summed E-state index contributed by atoms with van der Waals surface area (Å²) in [5.41, 5.74) is 3.30. The van der Waals surface area contributed by atoms with E-state index in [9.17, 15) is 9.18 Å². The Bertz CT molecular complexity index is 908. The molecule has 1 aliphatic heterocycles. The van der Waals surface area contributed by atoms with E-state index in [1.807, 2.05) is 28.2 Å². The zero-order valence-corrected chi connectivity index (χ0v) is 15.7. The molecule has 1 fully saturated rings. The number of halogens is 1. The summed E-state index contributed by atoms with van der Waals surface area (Å²) in [5.74, 6) is 0.837. The number of nitrogens with zero attached hydrogens (tertiary/aromatic N) is 4. The van der Waals surface area contributed by atoms with Crippen molar-refractivity contribution in [2.45, 2.75) is 31.7 Å². The van der Waals surface area contributed by atoms with Gasteiger partial charge in [-0.25, -0.2) is 14.4 Å². The highest BCUT2D eigenvalue weighted by Gasteiger charge is 2.27. The van der Waals surface area contributed by atoms with Gasteiger partial charge in [-0.3, -0.25) is 4.79 Å². The van der Waals surface area contributed by atoms with Crippen LogP contribution in [0.15, 0.2) is 47.5 Å². The quantitative estimate of drug-likeness (QED) is 0.677. The summed E-state index contributed by atoms with van der Waals surface area (Å²) in [7, 11) is 0. The third-order valence-corrected chi connectivity index (χ3v) is 5.64. The molecule has 1 atom stereocenters. The summed E-state index contributed by atoms with van der Waals surface area (Å²) >= 11 is 1.58. The number of imidazole rings is 1. The average molecular weight is 384 g/mol. The highest BCUT2D eigenvalue weighted by Crippen LogP contribution is 2.27. The van der Waals surface area contributed by atoms with Gasteiger partial charge < -0.3 is 9.47 Å². The zero-order chi connectivity index (χ0) is 18.6. The van der Waals surface area contributed by atoms with E-state index in [1.54, 1.807) is 29.5 Å². The standard InChI is InChI=1S/C20H21FN4OS/c21-18-6-2-1-4-15(18)10-19(26)24-8-3-5-16(11-24)20-22-7-9-25(20)12-17-13-27-14-23-17/h1-2,4,6-7,9,13-14,16H,3,5,8,10-12H2. The lowest BCUT2D eigenvalue weighted by Gasteiger charge is -2.33. The van der Waals surface area contributed by atoms with Gasteiger partial charge in [0.05, 0.1) is 24.2 Å². The number of benzene rings is 1. The van der Waals surface area contributed by atoms with E-state index in [0.717, 1.165) is 30.9 Å². The maximum absolute atomic E-state index is 13.9. The molecule has 0 spiro atoms. The largest absolute Gasteiger partial charge is 0.342 e. The molecule has 0 radical (unpaired) electrons. The summed E-state index contributed by atoms with van der Waals surface area (Å²) in [6.07, 6.45) is 5.80. The minimum Gasteiger partial charge on any atom is -0.342 e. The van der Waals surface area contributed by atoms with E-state index in [1.165, 1.54) is 6.07 Å². The van der Waals surface area contributed by atoms with Crippen LogP contribution in [0, 0.1) is 5.82 Å². The van der Waals surface area contributed by atoms with E-state index in [0.29, 0.717) is 18.7 Å². The molecular formula is C20H21FN4OS. The monoisotopic (exact) mass is 384 g/mol. The first-order chi connectivity index (χ1) is 13.2. The fourth-order valence-corrected chi connectivity index (χ4v) is 4.18. The average Bonchev–Trinajstić information content (AvgIpc) is 3.36. The number of hydrogen-bond donors (Lipinski definition) is 0. The Morgan fingerprint density at radius 2 is 2.19 bits per heavy atom. The summed E-state index contributed by atoms with van der Waals surface area (Å²) in [6.45, 7) is 2.04. The van der Waals surface area contributed by atoms with Crippen LogP contribution < -0.4 is 0 Å². The molecule has 2 aromatic heterocycles. The minimum atomic E-state index is -0.321. The molecule has 1 aliphatic rings. The molecule has 1 amide bonds. The van der Waals surface area contributed by atoms with Gasteiger partial charge in [0.2, 0.25) is 5.91 Å². The number of hydrogen-bond acceptors (Lipinski definition) is 4. The van der Waals surface area contributed by atoms with Gasteiger partial charge >= 0.3 is 0 Å². The predicted octanol–water partition coefficient (Wildman–Crippen LogP) is 3.48. The van der Waals surface area contributed by atoms with Crippen LogP contribution in [0.4, 0.5) is 4.39 Å². The maximum atomic E-state index is 13.9. The Balaban J connectivity index is 1.45. The maximum Gasteiger partial charge on any atom is 0.227 e. The number of rotatable bonds is 5. The zero-order valence-electron chi connectivity index (χ0n) is 14.9. The Labute approximate surface area is 161 Å². The fourth-order valence-electron chi connectivity index (χ4n) is 3.64. The summed E-state index contributed by atoms with van der Waals surface area (Å²) in [4.78, 5) is 23.4. The first-order valence-electron chi connectivity index (χ1n) is 9.10. The number of amides is 1. The van der Waals surface area contributed by atoms with Crippen LogP contribution in [-0.2, 0) is 17.8 Å². The molecule has 4 rings (SSSR count). The third kappa shape index (κ3) is 4.08. The van der Waals surface area contributed by atoms with Crippen LogP contribution >= 0.6 is 11.3 Å². The molecule has 5 nitrogen and oxygen atoms in total. The molecule has 0 saturated carbocycles. The second-order valence-electron chi connectivity index (χ2n) is 6.84. The van der Waals surface area contributed by atoms with E-state index in [2.05, 4.69) is 14.5 Å². The Kier molecular flexibility index (Phi) is 5.29. The molecule has 0 aliphatic carbocycles. The highest BCUT2D eigenvalue weighted by molar-refractivity contribution is 7.07. The molecule has 3 heterocycles. The van der Waals surface area contributed by atoms with E-state index < -0.39 is 0 Å². The van der Waals surface area contributed by atoms with Gasteiger partial charge in [-0.15, -0.1) is 11.3 Å². The van der Waals surface area contributed by atoms with Crippen molar-refractivity contribution in [2.75, 3.05) is 13.1 Å². The van der Waals surface area contributed by atoms with Crippen LogP contribution in [-0.4, -0.2) is 38.4 Å².